The van der Waals surface area contributed by atoms with Gasteiger partial charge in [-0.05, 0) is 49.7 Å². The third-order valence-electron chi connectivity index (χ3n) is 3.40. The van der Waals surface area contributed by atoms with Crippen molar-refractivity contribution in [2.24, 2.45) is 0 Å². The largest absolute Gasteiger partial charge is 0.466 e. The van der Waals surface area contributed by atoms with Gasteiger partial charge in [-0.3, -0.25) is 4.79 Å². The maximum atomic E-state index is 11.3. The molecule has 0 saturated carbocycles. The zero-order chi connectivity index (χ0) is 18.2. The fraction of sp³-hybridized carbons (Fsp3) is 0.316. The maximum absolute atomic E-state index is 11.3. The van der Waals surface area contributed by atoms with Crippen LogP contribution in [0.15, 0.2) is 42.5 Å². The van der Waals surface area contributed by atoms with Crippen molar-refractivity contribution in [2.75, 3.05) is 13.2 Å². The zero-order valence-electron chi connectivity index (χ0n) is 14.1. The molecule has 25 heavy (non-hydrogen) atoms. The van der Waals surface area contributed by atoms with Gasteiger partial charge in [0.05, 0.1) is 25.7 Å². The van der Waals surface area contributed by atoms with Gasteiger partial charge in [0, 0.05) is 10.0 Å². The molecule has 1 unspecified atom stereocenters. The van der Waals surface area contributed by atoms with Crippen molar-refractivity contribution in [1.29, 1.82) is 0 Å². The summed E-state index contributed by atoms with van der Waals surface area (Å²) in [6, 6.07) is 12.6. The molecule has 0 aliphatic rings. The van der Waals surface area contributed by atoms with Crippen LogP contribution in [0.3, 0.4) is 0 Å². The second kappa shape index (κ2) is 9.66. The van der Waals surface area contributed by atoms with Crippen LogP contribution < -0.4 is 4.74 Å². The lowest BCUT2D eigenvalue weighted by atomic mass is 10.1. The molecule has 1 atom stereocenters. The first-order valence-electron chi connectivity index (χ1n) is 7.99. The molecule has 0 N–H and O–H groups in total. The summed E-state index contributed by atoms with van der Waals surface area (Å²) >= 11 is 11.9. The predicted molar refractivity (Wildman–Crippen MR) is 98.6 cm³/mol. The zero-order valence-corrected chi connectivity index (χ0v) is 15.6. The molecule has 0 radical (unpaired) electrons. The van der Waals surface area contributed by atoms with Gasteiger partial charge in [0.15, 0.2) is 0 Å². The normalized spacial score (nSPS) is 11.8. The highest BCUT2D eigenvalue weighted by Gasteiger charge is 2.09. The molecule has 0 aliphatic carbocycles. The molecule has 0 spiro atoms. The minimum absolute atomic E-state index is 0.135. The van der Waals surface area contributed by atoms with Crippen LogP contribution in [0.25, 0.3) is 0 Å². The minimum atomic E-state index is -0.251. The summed E-state index contributed by atoms with van der Waals surface area (Å²) in [6.45, 7) is 4.41. The van der Waals surface area contributed by atoms with Crippen molar-refractivity contribution in [3.63, 3.8) is 0 Å². The lowest BCUT2D eigenvalue weighted by molar-refractivity contribution is -0.144. The number of carbonyl (C=O) groups excluding carboxylic acids is 1. The van der Waals surface area contributed by atoms with Gasteiger partial charge in [0.25, 0.3) is 0 Å². The average molecular weight is 383 g/mol. The summed E-state index contributed by atoms with van der Waals surface area (Å²) in [5, 5.41) is 1.03. The molecule has 0 bridgehead atoms. The third kappa shape index (κ3) is 6.58. The standard InChI is InChI=1S/C19H20Cl2O4/c1-3-23-19(22)8-9-24-13(2)14-4-6-17(7-5-14)25-18-11-15(20)10-16(21)12-18/h4-7,10-13H,3,8-9H2,1-2H3. The third-order valence-corrected chi connectivity index (χ3v) is 3.84. The molecule has 0 aliphatic heterocycles. The van der Waals surface area contributed by atoms with Gasteiger partial charge in [-0.15, -0.1) is 0 Å². The van der Waals surface area contributed by atoms with Crippen LogP contribution in [0.2, 0.25) is 10.0 Å². The first-order chi connectivity index (χ1) is 12.0. The number of carbonyl (C=O) groups is 1. The Morgan fingerprint density at radius 3 is 2.28 bits per heavy atom. The van der Waals surface area contributed by atoms with Crippen molar-refractivity contribution in [1.82, 2.24) is 0 Å². The van der Waals surface area contributed by atoms with E-state index in [2.05, 4.69) is 0 Å². The molecule has 0 fully saturated rings. The molecule has 2 aromatic rings. The summed E-state index contributed by atoms with van der Waals surface area (Å²) in [5.41, 5.74) is 0.986. The molecule has 0 heterocycles. The highest BCUT2D eigenvalue weighted by atomic mass is 35.5. The molecule has 134 valence electrons. The van der Waals surface area contributed by atoms with E-state index in [1.165, 1.54) is 0 Å². The molecular formula is C19H20Cl2O4. The van der Waals surface area contributed by atoms with E-state index in [1.54, 1.807) is 25.1 Å². The topological polar surface area (TPSA) is 44.8 Å². The number of ether oxygens (including phenoxy) is 3. The summed E-state index contributed by atoms with van der Waals surface area (Å²) < 4.78 is 16.3. The summed E-state index contributed by atoms with van der Waals surface area (Å²) in [4.78, 5) is 11.3. The Labute approximate surface area is 157 Å². The number of rotatable bonds is 8. The van der Waals surface area contributed by atoms with Gasteiger partial charge in [0.1, 0.15) is 11.5 Å². The van der Waals surface area contributed by atoms with E-state index in [0.29, 0.717) is 34.8 Å². The molecule has 2 rings (SSSR count). The summed E-state index contributed by atoms with van der Waals surface area (Å²) in [7, 11) is 0. The van der Waals surface area contributed by atoms with Crippen molar-refractivity contribution >= 4 is 29.2 Å². The Hall–Kier alpha value is -1.75. The van der Waals surface area contributed by atoms with Crippen LogP contribution in [0.4, 0.5) is 0 Å². The fourth-order valence-corrected chi connectivity index (χ4v) is 2.68. The van der Waals surface area contributed by atoms with Crippen LogP contribution >= 0.6 is 23.2 Å². The van der Waals surface area contributed by atoms with Gasteiger partial charge < -0.3 is 14.2 Å². The highest BCUT2D eigenvalue weighted by molar-refractivity contribution is 6.34. The SMILES string of the molecule is CCOC(=O)CCOC(C)c1ccc(Oc2cc(Cl)cc(Cl)c2)cc1. The number of hydrogen-bond donors (Lipinski definition) is 0. The van der Waals surface area contributed by atoms with Gasteiger partial charge in [-0.2, -0.15) is 0 Å². The Kier molecular flexibility index (Phi) is 7.56. The van der Waals surface area contributed by atoms with Gasteiger partial charge in [-0.25, -0.2) is 0 Å². The average Bonchev–Trinajstić information content (AvgIpc) is 2.54. The van der Waals surface area contributed by atoms with Crippen molar-refractivity contribution in [3.8, 4) is 11.5 Å². The van der Waals surface area contributed by atoms with E-state index in [-0.39, 0.29) is 18.5 Å². The Balaban J connectivity index is 1.89. The number of benzene rings is 2. The molecule has 6 heteroatoms. The monoisotopic (exact) mass is 382 g/mol. The Morgan fingerprint density at radius 2 is 1.68 bits per heavy atom. The fourth-order valence-electron chi connectivity index (χ4n) is 2.18. The smallest absolute Gasteiger partial charge is 0.308 e. The Bertz CT molecular complexity index is 681. The summed E-state index contributed by atoms with van der Waals surface area (Å²) in [5.74, 6) is 0.989. The van der Waals surface area contributed by atoms with Crippen LogP contribution in [0.1, 0.15) is 31.9 Å². The van der Waals surface area contributed by atoms with Crippen LogP contribution in [0.5, 0.6) is 11.5 Å². The van der Waals surface area contributed by atoms with E-state index in [9.17, 15) is 4.79 Å². The van der Waals surface area contributed by atoms with Gasteiger partial charge in [0.2, 0.25) is 0 Å². The van der Waals surface area contributed by atoms with Gasteiger partial charge >= 0.3 is 5.97 Å². The van der Waals surface area contributed by atoms with Crippen molar-refractivity contribution in [3.05, 3.63) is 58.1 Å². The lowest BCUT2D eigenvalue weighted by Crippen LogP contribution is -2.09. The quantitative estimate of drug-likeness (QED) is 0.539. The number of esters is 1. The van der Waals surface area contributed by atoms with Crippen molar-refractivity contribution < 1.29 is 19.0 Å². The Morgan fingerprint density at radius 1 is 1.04 bits per heavy atom. The van der Waals surface area contributed by atoms with E-state index < -0.39 is 0 Å². The van der Waals surface area contributed by atoms with Crippen molar-refractivity contribution in [2.45, 2.75) is 26.4 Å². The molecule has 4 nitrogen and oxygen atoms in total. The van der Waals surface area contributed by atoms with Gasteiger partial charge in [-0.1, -0.05) is 35.3 Å². The first kappa shape index (κ1) is 19.6. The maximum Gasteiger partial charge on any atom is 0.308 e. The van der Waals surface area contributed by atoms with Crippen LogP contribution in [-0.2, 0) is 14.3 Å². The number of hydrogen-bond acceptors (Lipinski definition) is 4. The van der Waals surface area contributed by atoms with E-state index in [1.807, 2.05) is 31.2 Å². The van der Waals surface area contributed by atoms with Crippen LogP contribution in [0, 0.1) is 0 Å². The predicted octanol–water partition coefficient (Wildman–Crippen LogP) is 5.82. The highest BCUT2D eigenvalue weighted by Crippen LogP contribution is 2.29. The molecule has 2 aromatic carbocycles. The van der Waals surface area contributed by atoms with E-state index >= 15 is 0 Å². The minimum Gasteiger partial charge on any atom is -0.466 e. The van der Waals surface area contributed by atoms with E-state index in [0.717, 1.165) is 5.56 Å². The molecule has 0 saturated heterocycles. The molecular weight excluding hydrogens is 363 g/mol. The second-order valence-electron chi connectivity index (χ2n) is 5.34. The first-order valence-corrected chi connectivity index (χ1v) is 8.74. The molecule has 0 amide bonds. The second-order valence-corrected chi connectivity index (χ2v) is 6.22. The van der Waals surface area contributed by atoms with E-state index in [4.69, 9.17) is 37.4 Å². The molecule has 0 aromatic heterocycles. The number of halogens is 2. The van der Waals surface area contributed by atoms with Crippen LogP contribution in [-0.4, -0.2) is 19.2 Å². The summed E-state index contributed by atoms with van der Waals surface area (Å²) in [6.07, 6.45) is 0.110. The lowest BCUT2D eigenvalue weighted by Gasteiger charge is -2.14.